The van der Waals surface area contributed by atoms with E-state index in [-0.39, 0.29) is 12.4 Å². The van der Waals surface area contributed by atoms with Gasteiger partial charge in [0, 0.05) is 31.9 Å². The minimum absolute atomic E-state index is 0. The molecule has 2 heterocycles. The summed E-state index contributed by atoms with van der Waals surface area (Å²) in [4.78, 5) is 9.52. The van der Waals surface area contributed by atoms with E-state index in [4.69, 9.17) is 16.6 Å². The zero-order valence-electron chi connectivity index (χ0n) is 12.5. The summed E-state index contributed by atoms with van der Waals surface area (Å²) in [6, 6.07) is 16.6. The van der Waals surface area contributed by atoms with E-state index in [2.05, 4.69) is 46.2 Å². The molecule has 0 saturated carbocycles. The summed E-state index contributed by atoms with van der Waals surface area (Å²) in [5.41, 5.74) is 2.23. The summed E-state index contributed by atoms with van der Waals surface area (Å²) in [7, 11) is 0. The molecule has 1 aliphatic rings. The predicted molar refractivity (Wildman–Crippen MR) is 103 cm³/mol. The second kappa shape index (κ2) is 6.95. The van der Waals surface area contributed by atoms with Crippen LogP contribution in [-0.4, -0.2) is 31.2 Å². The van der Waals surface area contributed by atoms with Crippen LogP contribution in [0.3, 0.4) is 0 Å². The van der Waals surface area contributed by atoms with Crippen LogP contribution in [0, 0.1) is 0 Å². The van der Waals surface area contributed by atoms with Gasteiger partial charge in [-0.3, -0.25) is 0 Å². The molecule has 0 N–H and O–H groups in total. The summed E-state index contributed by atoms with van der Waals surface area (Å²) >= 11 is 7.96. The zero-order valence-corrected chi connectivity index (χ0v) is 14.9. The molecule has 1 aliphatic heterocycles. The number of rotatable bonds is 2. The van der Waals surface area contributed by atoms with Crippen molar-refractivity contribution in [3.05, 3.63) is 53.6 Å². The van der Waals surface area contributed by atoms with Crippen LogP contribution < -0.4 is 9.80 Å². The van der Waals surface area contributed by atoms with Gasteiger partial charge in [-0.2, -0.15) is 0 Å². The van der Waals surface area contributed by atoms with Crippen molar-refractivity contribution in [2.75, 3.05) is 36.0 Å². The van der Waals surface area contributed by atoms with E-state index in [1.54, 1.807) is 11.3 Å². The molecule has 0 aliphatic carbocycles. The molecule has 3 nitrogen and oxygen atoms in total. The topological polar surface area (TPSA) is 19.4 Å². The van der Waals surface area contributed by atoms with Crippen molar-refractivity contribution in [2.24, 2.45) is 0 Å². The number of hydrogen-bond acceptors (Lipinski definition) is 4. The molecule has 0 amide bonds. The molecular formula is C17H17Cl2N3S. The van der Waals surface area contributed by atoms with Crippen molar-refractivity contribution < 1.29 is 0 Å². The first-order valence-corrected chi connectivity index (χ1v) is 8.61. The smallest absolute Gasteiger partial charge is 0.186 e. The van der Waals surface area contributed by atoms with Crippen molar-refractivity contribution in [1.82, 2.24) is 4.98 Å². The van der Waals surface area contributed by atoms with Crippen molar-refractivity contribution in [1.29, 1.82) is 0 Å². The van der Waals surface area contributed by atoms with Gasteiger partial charge < -0.3 is 9.80 Å². The van der Waals surface area contributed by atoms with E-state index in [1.165, 1.54) is 5.69 Å². The Bertz CT molecular complexity index is 783. The first kappa shape index (κ1) is 16.4. The van der Waals surface area contributed by atoms with Crippen molar-refractivity contribution in [2.45, 2.75) is 0 Å². The van der Waals surface area contributed by atoms with E-state index in [0.29, 0.717) is 0 Å². The van der Waals surface area contributed by atoms with Gasteiger partial charge in [-0.15, -0.1) is 12.4 Å². The maximum Gasteiger partial charge on any atom is 0.186 e. The van der Waals surface area contributed by atoms with Crippen LogP contribution in [0.15, 0.2) is 48.5 Å². The number of halogens is 2. The lowest BCUT2D eigenvalue weighted by Gasteiger charge is -2.35. The Morgan fingerprint density at radius 1 is 0.870 bits per heavy atom. The van der Waals surface area contributed by atoms with Gasteiger partial charge in [0.2, 0.25) is 0 Å². The van der Waals surface area contributed by atoms with E-state index in [9.17, 15) is 0 Å². The number of para-hydroxylation sites is 2. The normalized spacial score (nSPS) is 14.8. The summed E-state index contributed by atoms with van der Waals surface area (Å²) in [5, 5.41) is 1.82. The van der Waals surface area contributed by atoms with Gasteiger partial charge in [0.1, 0.15) is 5.52 Å². The lowest BCUT2D eigenvalue weighted by molar-refractivity contribution is 0.652. The van der Waals surface area contributed by atoms with Gasteiger partial charge >= 0.3 is 0 Å². The Morgan fingerprint density at radius 3 is 2.26 bits per heavy atom. The average Bonchev–Trinajstić information content (AvgIpc) is 3.02. The summed E-state index contributed by atoms with van der Waals surface area (Å²) in [6.45, 7) is 4.03. The molecule has 0 radical (unpaired) electrons. The molecule has 1 saturated heterocycles. The van der Waals surface area contributed by atoms with Crippen LogP contribution in [0.25, 0.3) is 10.2 Å². The molecule has 4 rings (SSSR count). The number of benzene rings is 2. The van der Waals surface area contributed by atoms with Crippen LogP contribution in [0.2, 0.25) is 5.02 Å². The quantitative estimate of drug-likeness (QED) is 0.656. The highest BCUT2D eigenvalue weighted by Gasteiger charge is 2.20. The second-order valence-corrected chi connectivity index (χ2v) is 6.81. The molecule has 2 aromatic carbocycles. The van der Waals surface area contributed by atoms with E-state index < -0.39 is 0 Å². The fourth-order valence-electron chi connectivity index (χ4n) is 2.83. The van der Waals surface area contributed by atoms with Gasteiger partial charge in [0.05, 0.1) is 9.72 Å². The molecule has 6 heteroatoms. The van der Waals surface area contributed by atoms with E-state index >= 15 is 0 Å². The lowest BCUT2D eigenvalue weighted by Crippen LogP contribution is -2.46. The minimum atomic E-state index is 0. The Morgan fingerprint density at radius 2 is 1.57 bits per heavy atom. The fourth-order valence-corrected chi connectivity index (χ4v) is 4.15. The van der Waals surface area contributed by atoms with Crippen molar-refractivity contribution in [3.63, 3.8) is 0 Å². The monoisotopic (exact) mass is 365 g/mol. The molecule has 23 heavy (non-hydrogen) atoms. The SMILES string of the molecule is Cl.Clc1cccc2sc(N3CCN(c4ccccc4)CC3)nc12. The van der Waals surface area contributed by atoms with Crippen LogP contribution in [0.1, 0.15) is 0 Å². The van der Waals surface area contributed by atoms with Gasteiger partial charge in [-0.1, -0.05) is 47.2 Å². The third kappa shape index (κ3) is 3.25. The third-order valence-corrected chi connectivity index (χ3v) is 5.42. The number of fused-ring (bicyclic) bond motifs is 1. The van der Waals surface area contributed by atoms with Crippen molar-refractivity contribution >= 4 is 56.4 Å². The molecule has 0 bridgehead atoms. The van der Waals surface area contributed by atoms with Crippen LogP contribution in [0.5, 0.6) is 0 Å². The maximum absolute atomic E-state index is 6.23. The summed E-state index contributed by atoms with van der Waals surface area (Å²) < 4.78 is 1.16. The highest BCUT2D eigenvalue weighted by Crippen LogP contribution is 2.33. The number of piperazine rings is 1. The maximum atomic E-state index is 6.23. The first-order chi connectivity index (χ1) is 10.8. The van der Waals surface area contributed by atoms with E-state index in [0.717, 1.165) is 46.5 Å². The summed E-state index contributed by atoms with van der Waals surface area (Å²) in [5.74, 6) is 0. The second-order valence-electron chi connectivity index (χ2n) is 5.39. The van der Waals surface area contributed by atoms with Gasteiger partial charge in [0.25, 0.3) is 0 Å². The number of thiazole rings is 1. The van der Waals surface area contributed by atoms with Gasteiger partial charge in [-0.25, -0.2) is 4.98 Å². The molecule has 3 aromatic rings. The summed E-state index contributed by atoms with van der Waals surface area (Å²) in [6.07, 6.45) is 0. The Hall–Kier alpha value is -1.49. The first-order valence-electron chi connectivity index (χ1n) is 7.41. The fraction of sp³-hybridized carbons (Fsp3) is 0.235. The number of anilines is 2. The number of hydrogen-bond donors (Lipinski definition) is 0. The molecule has 1 aromatic heterocycles. The zero-order chi connectivity index (χ0) is 14.9. The minimum Gasteiger partial charge on any atom is -0.368 e. The highest BCUT2D eigenvalue weighted by molar-refractivity contribution is 7.22. The Kier molecular flexibility index (Phi) is 4.95. The van der Waals surface area contributed by atoms with Crippen molar-refractivity contribution in [3.8, 4) is 0 Å². The standard InChI is InChI=1S/C17H16ClN3S.ClH/c18-14-7-4-8-15-16(14)19-17(22-15)21-11-9-20(10-12-21)13-5-2-1-3-6-13;/h1-8H,9-12H2;1H. The average molecular weight is 366 g/mol. The highest BCUT2D eigenvalue weighted by atomic mass is 35.5. The Balaban J connectivity index is 0.00000156. The molecule has 0 unspecified atom stereocenters. The van der Waals surface area contributed by atoms with Crippen LogP contribution in [0.4, 0.5) is 10.8 Å². The van der Waals surface area contributed by atoms with Crippen LogP contribution in [-0.2, 0) is 0 Å². The van der Waals surface area contributed by atoms with E-state index in [1.807, 2.05) is 12.1 Å². The van der Waals surface area contributed by atoms with Gasteiger partial charge in [-0.05, 0) is 24.3 Å². The third-order valence-electron chi connectivity index (χ3n) is 4.03. The number of aromatic nitrogens is 1. The molecule has 1 fully saturated rings. The molecular weight excluding hydrogens is 349 g/mol. The Labute approximate surface area is 150 Å². The predicted octanol–water partition coefficient (Wildman–Crippen LogP) is 4.70. The van der Waals surface area contributed by atoms with Crippen LogP contribution >= 0.6 is 35.3 Å². The molecule has 0 atom stereocenters. The van der Waals surface area contributed by atoms with Gasteiger partial charge in [0.15, 0.2) is 5.13 Å². The molecule has 0 spiro atoms. The number of nitrogens with zero attached hydrogens (tertiary/aromatic N) is 3. The largest absolute Gasteiger partial charge is 0.368 e. The molecule has 120 valence electrons. The lowest BCUT2D eigenvalue weighted by atomic mass is 10.2.